The number of benzene rings is 1. The molecule has 0 amide bonds. The Morgan fingerprint density at radius 2 is 1.74 bits per heavy atom. The van der Waals surface area contributed by atoms with Crippen molar-refractivity contribution in [2.24, 2.45) is 7.05 Å². The van der Waals surface area contributed by atoms with Crippen LogP contribution in [0.4, 0.5) is 5.82 Å². The Balaban J connectivity index is 1.95. The van der Waals surface area contributed by atoms with E-state index >= 15 is 0 Å². The van der Waals surface area contributed by atoms with Crippen LogP contribution in [0.1, 0.15) is 19.4 Å². The fourth-order valence-corrected chi connectivity index (χ4v) is 3.51. The van der Waals surface area contributed by atoms with E-state index < -0.39 is 0 Å². The molecule has 2 unspecified atom stereocenters. The van der Waals surface area contributed by atoms with Crippen molar-refractivity contribution in [1.82, 2.24) is 4.57 Å². The van der Waals surface area contributed by atoms with E-state index in [-0.39, 0.29) is 12.2 Å². The van der Waals surface area contributed by atoms with E-state index in [4.69, 9.17) is 9.47 Å². The molecule has 0 N–H and O–H groups in total. The van der Waals surface area contributed by atoms with Crippen LogP contribution in [0, 0.1) is 13.1 Å². The lowest BCUT2D eigenvalue weighted by molar-refractivity contribution is -0.00562. The van der Waals surface area contributed by atoms with Gasteiger partial charge in [-0.2, -0.15) is 0 Å². The summed E-state index contributed by atoms with van der Waals surface area (Å²) in [4.78, 5) is 2.41. The topological polar surface area (TPSA) is 26.6 Å². The minimum Gasteiger partial charge on any atom is -0.497 e. The number of hydrogen-bond donors (Lipinski definition) is 0. The van der Waals surface area contributed by atoms with E-state index in [1.807, 2.05) is 12.1 Å². The highest BCUT2D eigenvalue weighted by molar-refractivity contribution is 5.73. The first-order chi connectivity index (χ1) is 11.0. The summed E-state index contributed by atoms with van der Waals surface area (Å²) in [5.41, 5.74) is 3.58. The molecule has 1 radical (unpaired) electrons. The molecule has 1 fully saturated rings. The van der Waals surface area contributed by atoms with Gasteiger partial charge in [-0.25, -0.2) is 0 Å². The Kier molecular flexibility index (Phi) is 4.35. The number of hydrogen-bond acceptors (Lipinski definition) is 3. The summed E-state index contributed by atoms with van der Waals surface area (Å²) in [5.74, 6) is 2.11. The third-order valence-corrected chi connectivity index (χ3v) is 4.41. The SMILES string of the molecule is COc1ccc(-c2[c]n(C)c(N3CC(C)OC(C)C3)c2C)cc1. The highest BCUT2D eigenvalue weighted by atomic mass is 16.5. The van der Waals surface area contributed by atoms with Crippen molar-refractivity contribution in [3.8, 4) is 16.9 Å². The second-order valence-electron chi connectivity index (χ2n) is 6.39. The van der Waals surface area contributed by atoms with Gasteiger partial charge in [0.2, 0.25) is 0 Å². The molecule has 23 heavy (non-hydrogen) atoms. The summed E-state index contributed by atoms with van der Waals surface area (Å²) in [6.07, 6.45) is 3.98. The minimum atomic E-state index is 0.248. The van der Waals surface area contributed by atoms with Gasteiger partial charge >= 0.3 is 0 Å². The molecule has 1 aromatic carbocycles. The Hall–Kier alpha value is -1.94. The first-order valence-electron chi connectivity index (χ1n) is 8.13. The van der Waals surface area contributed by atoms with Gasteiger partial charge in [0.05, 0.1) is 25.5 Å². The molecule has 1 saturated heterocycles. The average Bonchev–Trinajstić information content (AvgIpc) is 2.81. The average molecular weight is 313 g/mol. The van der Waals surface area contributed by atoms with Gasteiger partial charge in [-0.3, -0.25) is 0 Å². The van der Waals surface area contributed by atoms with Gasteiger partial charge in [0.25, 0.3) is 0 Å². The second kappa shape index (κ2) is 6.28. The summed E-state index contributed by atoms with van der Waals surface area (Å²) in [7, 11) is 3.76. The van der Waals surface area contributed by atoms with Crippen LogP contribution in [0.5, 0.6) is 5.75 Å². The van der Waals surface area contributed by atoms with Crippen LogP contribution in [0.15, 0.2) is 24.3 Å². The third-order valence-electron chi connectivity index (χ3n) is 4.41. The first-order valence-corrected chi connectivity index (χ1v) is 8.13. The van der Waals surface area contributed by atoms with Gasteiger partial charge in [-0.15, -0.1) is 0 Å². The summed E-state index contributed by atoms with van der Waals surface area (Å²) >= 11 is 0. The molecule has 1 aliphatic rings. The standard InChI is InChI=1S/C19H25N2O2/c1-13-10-21(11-14(2)23-13)19-15(3)18(12-20(19)4)16-6-8-17(22-5)9-7-16/h6-9,13-14H,10-11H2,1-5H3. The number of methoxy groups -OCH3 is 1. The highest BCUT2D eigenvalue weighted by Gasteiger charge is 2.26. The molecule has 0 aliphatic carbocycles. The van der Waals surface area contributed by atoms with Gasteiger partial charge in [0.15, 0.2) is 0 Å². The summed E-state index contributed by atoms with van der Waals surface area (Å²) in [6.45, 7) is 8.28. The molecule has 1 aliphatic heterocycles. The second-order valence-corrected chi connectivity index (χ2v) is 6.39. The van der Waals surface area contributed by atoms with Crippen LogP contribution >= 0.6 is 0 Å². The number of rotatable bonds is 3. The zero-order chi connectivity index (χ0) is 16.6. The fraction of sp³-hybridized carbons (Fsp3) is 0.474. The van der Waals surface area contributed by atoms with Crippen LogP contribution in [-0.2, 0) is 11.8 Å². The predicted molar refractivity (Wildman–Crippen MR) is 93.2 cm³/mol. The Bertz CT molecular complexity index is 665. The lowest BCUT2D eigenvalue weighted by Gasteiger charge is -2.37. The number of aromatic nitrogens is 1. The van der Waals surface area contributed by atoms with Crippen LogP contribution in [0.25, 0.3) is 11.1 Å². The number of morpholine rings is 1. The van der Waals surface area contributed by atoms with Crippen LogP contribution in [0.3, 0.4) is 0 Å². The third kappa shape index (κ3) is 3.08. The van der Waals surface area contributed by atoms with Gasteiger partial charge < -0.3 is 18.9 Å². The lowest BCUT2D eigenvalue weighted by Crippen LogP contribution is -2.46. The molecule has 2 heterocycles. The zero-order valence-corrected chi connectivity index (χ0v) is 14.6. The largest absolute Gasteiger partial charge is 0.497 e. The molecule has 1 aromatic heterocycles. The van der Waals surface area contributed by atoms with Gasteiger partial charge in [-0.05, 0) is 44.0 Å². The molecule has 2 atom stereocenters. The van der Waals surface area contributed by atoms with Crippen LogP contribution in [0.2, 0.25) is 0 Å². The maximum absolute atomic E-state index is 5.86. The molecule has 0 spiro atoms. The molecule has 0 saturated carbocycles. The maximum Gasteiger partial charge on any atom is 0.118 e. The summed E-state index contributed by atoms with van der Waals surface area (Å²) in [5, 5.41) is 0. The van der Waals surface area contributed by atoms with E-state index in [0.717, 1.165) is 24.4 Å². The van der Waals surface area contributed by atoms with Gasteiger partial charge in [-0.1, -0.05) is 12.1 Å². The monoisotopic (exact) mass is 313 g/mol. The van der Waals surface area contributed by atoms with Crippen LogP contribution < -0.4 is 9.64 Å². The smallest absolute Gasteiger partial charge is 0.118 e. The van der Waals surface area contributed by atoms with E-state index in [9.17, 15) is 0 Å². The van der Waals surface area contributed by atoms with E-state index in [1.54, 1.807) is 7.11 Å². The van der Waals surface area contributed by atoms with Crippen molar-refractivity contribution in [3.05, 3.63) is 36.0 Å². The molecule has 4 nitrogen and oxygen atoms in total. The van der Waals surface area contributed by atoms with Crippen molar-refractivity contribution in [3.63, 3.8) is 0 Å². The molecule has 3 rings (SSSR count). The Morgan fingerprint density at radius 1 is 1.13 bits per heavy atom. The van der Waals surface area contributed by atoms with Crippen molar-refractivity contribution in [1.29, 1.82) is 0 Å². The maximum atomic E-state index is 5.86. The molecule has 2 aromatic rings. The lowest BCUT2D eigenvalue weighted by atomic mass is 10.0. The number of aryl methyl sites for hydroxylation is 1. The van der Waals surface area contributed by atoms with Crippen molar-refractivity contribution in [2.75, 3.05) is 25.1 Å². The molecule has 4 heteroatoms. The molecular formula is C19H25N2O2. The minimum absolute atomic E-state index is 0.248. The normalized spacial score (nSPS) is 21.5. The van der Waals surface area contributed by atoms with Gasteiger partial charge in [0.1, 0.15) is 11.6 Å². The van der Waals surface area contributed by atoms with E-state index in [2.05, 4.69) is 55.6 Å². The highest BCUT2D eigenvalue weighted by Crippen LogP contribution is 2.34. The van der Waals surface area contributed by atoms with Crippen LogP contribution in [-0.4, -0.2) is 37.0 Å². The predicted octanol–water partition coefficient (Wildman–Crippen LogP) is 3.42. The zero-order valence-electron chi connectivity index (χ0n) is 14.6. The first kappa shape index (κ1) is 15.9. The Labute approximate surface area is 138 Å². The van der Waals surface area contributed by atoms with Crippen molar-refractivity contribution >= 4 is 5.82 Å². The van der Waals surface area contributed by atoms with Crippen molar-refractivity contribution in [2.45, 2.75) is 33.0 Å². The number of anilines is 1. The quantitative estimate of drug-likeness (QED) is 0.868. The summed E-state index contributed by atoms with van der Waals surface area (Å²) < 4.78 is 13.2. The number of ether oxygens (including phenoxy) is 2. The molecular weight excluding hydrogens is 288 g/mol. The van der Waals surface area contributed by atoms with Gasteiger partial charge in [0, 0.05) is 25.7 Å². The molecule has 0 bridgehead atoms. The fourth-order valence-electron chi connectivity index (χ4n) is 3.51. The number of nitrogens with zero attached hydrogens (tertiary/aromatic N) is 2. The Morgan fingerprint density at radius 3 is 2.30 bits per heavy atom. The molecule has 123 valence electrons. The van der Waals surface area contributed by atoms with Crippen molar-refractivity contribution < 1.29 is 9.47 Å². The van der Waals surface area contributed by atoms with E-state index in [0.29, 0.717) is 0 Å². The summed E-state index contributed by atoms with van der Waals surface area (Å²) in [6, 6.07) is 8.17. The van der Waals surface area contributed by atoms with E-state index in [1.165, 1.54) is 16.9 Å².